The van der Waals surface area contributed by atoms with E-state index in [1.165, 1.54) is 5.56 Å². The first-order valence-electron chi connectivity index (χ1n) is 5.53. The minimum absolute atomic E-state index is 0.476. The van der Waals surface area contributed by atoms with E-state index in [2.05, 4.69) is 57.9 Å². The monoisotopic (exact) mass is 342 g/mol. The van der Waals surface area contributed by atoms with Crippen molar-refractivity contribution in [2.75, 3.05) is 0 Å². The molecule has 17 heavy (non-hydrogen) atoms. The zero-order valence-corrected chi connectivity index (χ0v) is 12.0. The lowest BCUT2D eigenvalue weighted by molar-refractivity contribution is 0.587. The van der Waals surface area contributed by atoms with Gasteiger partial charge in [0.25, 0.3) is 0 Å². The Labute approximate surface area is 115 Å². The lowest BCUT2D eigenvalue weighted by Crippen LogP contribution is -2.21. The molecule has 5 heteroatoms. The van der Waals surface area contributed by atoms with E-state index in [0.29, 0.717) is 6.04 Å². The van der Waals surface area contributed by atoms with Gasteiger partial charge in [-0.25, -0.2) is 4.68 Å². The molecular formula is C12H15IN4. The number of hydrogen-bond donors (Lipinski definition) is 1. The second kappa shape index (κ2) is 5.59. The smallest absolute Gasteiger partial charge is 0.0832 e. The van der Waals surface area contributed by atoms with E-state index in [9.17, 15) is 0 Å². The minimum atomic E-state index is 0.476. The minimum Gasteiger partial charge on any atom is -0.310 e. The van der Waals surface area contributed by atoms with Crippen molar-refractivity contribution >= 4 is 22.6 Å². The van der Waals surface area contributed by atoms with E-state index in [1.54, 1.807) is 0 Å². The molecule has 2 rings (SSSR count). The van der Waals surface area contributed by atoms with Crippen molar-refractivity contribution in [3.05, 3.63) is 40.0 Å². The van der Waals surface area contributed by atoms with Crippen LogP contribution in [-0.2, 0) is 6.54 Å². The molecular weight excluding hydrogens is 327 g/mol. The maximum Gasteiger partial charge on any atom is 0.0832 e. The van der Waals surface area contributed by atoms with Crippen molar-refractivity contribution in [2.45, 2.75) is 26.4 Å². The first kappa shape index (κ1) is 12.5. The van der Waals surface area contributed by atoms with Crippen molar-refractivity contribution < 1.29 is 0 Å². The second-order valence-corrected chi connectivity index (χ2v) is 5.44. The van der Waals surface area contributed by atoms with Crippen LogP contribution in [0.3, 0.4) is 0 Å². The summed E-state index contributed by atoms with van der Waals surface area (Å²) in [5, 5.41) is 7.65. The highest BCUT2D eigenvalue weighted by Gasteiger charge is 2.02. The predicted molar refractivity (Wildman–Crippen MR) is 76.1 cm³/mol. The number of rotatable bonds is 4. The molecule has 2 aromatic rings. The summed E-state index contributed by atoms with van der Waals surface area (Å²) in [6, 6.07) is 2.58. The molecule has 0 aliphatic heterocycles. The number of pyridine rings is 1. The van der Waals surface area contributed by atoms with Crippen LogP contribution in [0, 0.1) is 3.57 Å². The third-order valence-electron chi connectivity index (χ3n) is 2.31. The van der Waals surface area contributed by atoms with Crippen molar-refractivity contribution in [3.8, 4) is 5.69 Å². The van der Waals surface area contributed by atoms with Crippen LogP contribution in [-0.4, -0.2) is 20.8 Å². The molecule has 4 nitrogen and oxygen atoms in total. The summed E-state index contributed by atoms with van der Waals surface area (Å²) >= 11 is 2.25. The summed E-state index contributed by atoms with van der Waals surface area (Å²) in [5.74, 6) is 0. The molecule has 0 aliphatic carbocycles. The van der Waals surface area contributed by atoms with Gasteiger partial charge < -0.3 is 5.32 Å². The van der Waals surface area contributed by atoms with Crippen LogP contribution < -0.4 is 5.32 Å². The fourth-order valence-electron chi connectivity index (χ4n) is 1.46. The Balaban J connectivity index is 2.16. The van der Waals surface area contributed by atoms with Crippen LogP contribution in [0.4, 0.5) is 0 Å². The van der Waals surface area contributed by atoms with Gasteiger partial charge in [-0.05, 0) is 34.2 Å². The number of hydrogen-bond acceptors (Lipinski definition) is 3. The van der Waals surface area contributed by atoms with Crippen LogP contribution in [0.2, 0.25) is 0 Å². The molecule has 0 atom stereocenters. The van der Waals surface area contributed by atoms with Crippen LogP contribution >= 0.6 is 22.6 Å². The second-order valence-electron chi connectivity index (χ2n) is 4.19. The average Bonchev–Trinajstić information content (AvgIpc) is 2.74. The van der Waals surface area contributed by atoms with Crippen LogP contribution in [0.25, 0.3) is 5.69 Å². The molecule has 0 saturated carbocycles. The predicted octanol–water partition coefficient (Wildman–Crippen LogP) is 2.37. The fourth-order valence-corrected chi connectivity index (χ4v) is 1.85. The lowest BCUT2D eigenvalue weighted by Gasteiger charge is -2.08. The molecule has 0 bridgehead atoms. The Kier molecular flexibility index (Phi) is 4.11. The lowest BCUT2D eigenvalue weighted by atomic mass is 10.2. The standard InChI is InChI=1S/C12H15IN4/c1-9(2)15-5-10-3-12(7-14-4-10)17-8-11(13)6-16-17/h3-4,6-9,15H,5H2,1-2H3. The maximum atomic E-state index is 4.27. The average molecular weight is 342 g/mol. The highest BCUT2D eigenvalue weighted by Crippen LogP contribution is 2.10. The molecule has 0 unspecified atom stereocenters. The maximum absolute atomic E-state index is 4.27. The molecule has 0 aliphatic rings. The molecule has 1 N–H and O–H groups in total. The van der Waals surface area contributed by atoms with Gasteiger partial charge in [0.05, 0.1) is 21.7 Å². The van der Waals surface area contributed by atoms with Gasteiger partial charge >= 0.3 is 0 Å². The number of halogens is 1. The molecule has 0 amide bonds. The SMILES string of the molecule is CC(C)NCc1cncc(-n2cc(I)cn2)c1. The van der Waals surface area contributed by atoms with E-state index in [-0.39, 0.29) is 0 Å². The number of aromatic nitrogens is 3. The zero-order valence-electron chi connectivity index (χ0n) is 9.89. The van der Waals surface area contributed by atoms with E-state index < -0.39 is 0 Å². The summed E-state index contributed by atoms with van der Waals surface area (Å²) < 4.78 is 2.96. The summed E-state index contributed by atoms with van der Waals surface area (Å²) in [4.78, 5) is 4.24. The Hall–Kier alpha value is -0.950. The van der Waals surface area contributed by atoms with Crippen LogP contribution in [0.1, 0.15) is 19.4 Å². The summed E-state index contributed by atoms with van der Waals surface area (Å²) in [6.45, 7) is 5.09. The van der Waals surface area contributed by atoms with Gasteiger partial charge in [-0.3, -0.25) is 4.98 Å². The van der Waals surface area contributed by atoms with E-state index in [4.69, 9.17) is 0 Å². The van der Waals surface area contributed by atoms with Gasteiger partial charge in [-0.2, -0.15) is 5.10 Å². The number of nitrogens with zero attached hydrogens (tertiary/aromatic N) is 3. The molecule has 2 aromatic heterocycles. The van der Waals surface area contributed by atoms with Gasteiger partial charge in [0.2, 0.25) is 0 Å². The van der Waals surface area contributed by atoms with Crippen molar-refractivity contribution in [1.29, 1.82) is 0 Å². The summed E-state index contributed by atoms with van der Waals surface area (Å²) in [5.41, 5.74) is 2.16. The molecule has 2 heterocycles. The molecule has 0 aromatic carbocycles. The summed E-state index contributed by atoms with van der Waals surface area (Å²) in [7, 11) is 0. The highest BCUT2D eigenvalue weighted by molar-refractivity contribution is 14.1. The van der Waals surface area contributed by atoms with Crippen molar-refractivity contribution in [1.82, 2.24) is 20.1 Å². The van der Waals surface area contributed by atoms with E-state index in [1.807, 2.05) is 29.5 Å². The van der Waals surface area contributed by atoms with Gasteiger partial charge in [0.15, 0.2) is 0 Å². The third kappa shape index (κ3) is 3.50. The van der Waals surface area contributed by atoms with Crippen LogP contribution in [0.15, 0.2) is 30.9 Å². The quantitative estimate of drug-likeness (QED) is 0.868. The van der Waals surface area contributed by atoms with Crippen molar-refractivity contribution in [3.63, 3.8) is 0 Å². The first-order chi connectivity index (χ1) is 8.15. The normalized spacial score (nSPS) is 11.1. The zero-order chi connectivity index (χ0) is 12.3. The van der Waals surface area contributed by atoms with E-state index in [0.717, 1.165) is 15.8 Å². The largest absolute Gasteiger partial charge is 0.310 e. The first-order valence-corrected chi connectivity index (χ1v) is 6.61. The van der Waals surface area contributed by atoms with E-state index >= 15 is 0 Å². The topological polar surface area (TPSA) is 42.7 Å². The highest BCUT2D eigenvalue weighted by atomic mass is 127. The molecule has 90 valence electrons. The fraction of sp³-hybridized carbons (Fsp3) is 0.333. The van der Waals surface area contributed by atoms with Gasteiger partial charge in [0, 0.05) is 25.0 Å². The van der Waals surface area contributed by atoms with Crippen molar-refractivity contribution in [2.24, 2.45) is 0 Å². The van der Waals surface area contributed by atoms with Crippen LogP contribution in [0.5, 0.6) is 0 Å². The number of nitrogens with one attached hydrogen (secondary N) is 1. The Bertz CT molecular complexity index is 493. The Morgan fingerprint density at radius 3 is 2.82 bits per heavy atom. The Morgan fingerprint density at radius 1 is 1.35 bits per heavy atom. The summed E-state index contributed by atoms with van der Waals surface area (Å²) in [6.07, 6.45) is 7.52. The third-order valence-corrected chi connectivity index (χ3v) is 2.87. The van der Waals surface area contributed by atoms with Gasteiger partial charge in [-0.15, -0.1) is 0 Å². The van der Waals surface area contributed by atoms with Gasteiger partial charge in [-0.1, -0.05) is 13.8 Å². The molecule has 0 fully saturated rings. The molecule has 0 spiro atoms. The Morgan fingerprint density at radius 2 is 2.18 bits per heavy atom. The molecule has 0 radical (unpaired) electrons. The molecule has 0 saturated heterocycles. The van der Waals surface area contributed by atoms with Gasteiger partial charge in [0.1, 0.15) is 0 Å².